The number of hydrogen-bond donors (Lipinski definition) is 9. The Morgan fingerprint density at radius 1 is 0.857 bits per heavy atom. The topological polar surface area (TPSA) is 276 Å². The third kappa shape index (κ3) is 6.53. The van der Waals surface area contributed by atoms with Crippen molar-refractivity contribution in [3.63, 3.8) is 0 Å². The van der Waals surface area contributed by atoms with Gasteiger partial charge in [-0.2, -0.15) is 0 Å². The van der Waals surface area contributed by atoms with E-state index in [0.29, 0.717) is 5.56 Å². The molecule has 0 unspecified atom stereocenters. The van der Waals surface area contributed by atoms with Crippen LogP contribution in [0.3, 0.4) is 0 Å². The van der Waals surface area contributed by atoms with Gasteiger partial charge in [-0.15, -0.1) is 0 Å². The molecular weight excluding hydrogens is 660 g/mol. The van der Waals surface area contributed by atoms with Gasteiger partial charge in [0, 0.05) is 12.0 Å². The molecule has 3 saturated heterocycles. The maximum absolute atomic E-state index is 13.0. The van der Waals surface area contributed by atoms with Crippen molar-refractivity contribution < 1.29 is 88.6 Å². The van der Waals surface area contributed by atoms with Crippen molar-refractivity contribution in [3.05, 3.63) is 42.2 Å². The predicted molar refractivity (Wildman–Crippen MR) is 157 cm³/mol. The van der Waals surface area contributed by atoms with Crippen LogP contribution >= 0.6 is 0 Å². The summed E-state index contributed by atoms with van der Waals surface area (Å²) < 4.78 is 44.9. The molecule has 5 aliphatic rings. The molecule has 6 rings (SSSR count). The van der Waals surface area contributed by atoms with Crippen molar-refractivity contribution in [3.8, 4) is 11.5 Å². The number of carbonyl (C=O) groups excluding carboxylic acids is 1. The van der Waals surface area contributed by atoms with Crippen molar-refractivity contribution in [1.82, 2.24) is 0 Å². The number of rotatable bonds is 11. The lowest BCUT2D eigenvalue weighted by atomic mass is 9.85. The number of carbonyl (C=O) groups is 1. The predicted octanol–water partition coefficient (Wildman–Crippen LogP) is -4.14. The van der Waals surface area contributed by atoms with Crippen LogP contribution in [0.2, 0.25) is 0 Å². The summed E-state index contributed by atoms with van der Waals surface area (Å²) in [7, 11) is 1.35. The molecular formula is C31H40O18. The molecule has 18 heteroatoms. The molecule has 1 saturated carbocycles. The second-order valence-electron chi connectivity index (χ2n) is 12.4. The van der Waals surface area contributed by atoms with Crippen molar-refractivity contribution in [2.24, 2.45) is 11.8 Å². The summed E-state index contributed by atoms with van der Waals surface area (Å²) in [5.74, 6) is -1.79. The molecule has 49 heavy (non-hydrogen) atoms. The van der Waals surface area contributed by atoms with E-state index in [2.05, 4.69) is 0 Å². The Kier molecular flexibility index (Phi) is 10.5. The highest BCUT2D eigenvalue weighted by molar-refractivity contribution is 5.87. The molecule has 0 radical (unpaired) electrons. The second kappa shape index (κ2) is 14.3. The molecule has 0 bridgehead atoms. The smallest absolute Gasteiger partial charge is 0.331 e. The number of esters is 1. The van der Waals surface area contributed by atoms with E-state index >= 15 is 0 Å². The van der Waals surface area contributed by atoms with Crippen LogP contribution in [-0.4, -0.2) is 164 Å². The molecule has 4 fully saturated rings. The van der Waals surface area contributed by atoms with Gasteiger partial charge in [0.1, 0.15) is 66.6 Å². The van der Waals surface area contributed by atoms with E-state index in [9.17, 15) is 50.8 Å². The van der Waals surface area contributed by atoms with Crippen LogP contribution in [0.25, 0.3) is 6.08 Å². The number of aliphatic hydroxyl groups excluding tert-OH is 9. The van der Waals surface area contributed by atoms with Gasteiger partial charge in [-0.05, 0) is 29.8 Å². The lowest BCUT2D eigenvalue weighted by Gasteiger charge is -2.43. The maximum Gasteiger partial charge on any atom is 0.331 e. The molecule has 1 aromatic rings. The Labute approximate surface area is 278 Å². The zero-order valence-corrected chi connectivity index (χ0v) is 26.0. The fourth-order valence-corrected chi connectivity index (χ4v) is 6.80. The third-order valence-electron chi connectivity index (χ3n) is 9.54. The molecule has 0 amide bonds. The molecule has 0 spiro atoms. The van der Waals surface area contributed by atoms with E-state index in [4.69, 9.17) is 37.9 Å². The summed E-state index contributed by atoms with van der Waals surface area (Å²) in [4.78, 5) is 13.0. The van der Waals surface area contributed by atoms with Crippen LogP contribution in [0.4, 0.5) is 0 Å². The van der Waals surface area contributed by atoms with Crippen molar-refractivity contribution in [2.75, 3.05) is 26.9 Å². The molecule has 4 aliphatic heterocycles. The number of aliphatic hydroxyl groups is 9. The summed E-state index contributed by atoms with van der Waals surface area (Å²) in [6, 6.07) is 4.53. The number of ether oxygens (including phenoxy) is 8. The first-order chi connectivity index (χ1) is 23.5. The summed E-state index contributed by atoms with van der Waals surface area (Å²) in [6.07, 6.45) is -12.4. The molecule has 9 N–H and O–H groups in total. The second-order valence-corrected chi connectivity index (χ2v) is 12.4. The van der Waals surface area contributed by atoms with Crippen molar-refractivity contribution in [2.45, 2.75) is 85.5 Å². The highest BCUT2D eigenvalue weighted by atomic mass is 16.8. The van der Waals surface area contributed by atoms with E-state index < -0.39 is 123 Å². The molecule has 272 valence electrons. The Balaban J connectivity index is 1.11. The Morgan fingerprint density at radius 2 is 1.51 bits per heavy atom. The Bertz CT molecular complexity index is 1390. The molecule has 16 atom stereocenters. The van der Waals surface area contributed by atoms with Gasteiger partial charge in [-0.25, -0.2) is 4.79 Å². The van der Waals surface area contributed by atoms with Crippen LogP contribution in [0.15, 0.2) is 36.6 Å². The SMILES string of the molecule is COc1cc(C=CC(=O)O[C@H]2[C@@H]3C=CO[C@@H](O[C@@H]4O[C@H](CO)[C@@H](O)[C@H](O)[C@H]4O)[C@@H]3[C@@]3(CO)O[C@@H]23)ccc1O[C@@H]1O[C@H](CO)[C@@H](O)[C@H](O)[C@H]1O. The number of methoxy groups -OCH3 is 1. The monoisotopic (exact) mass is 700 g/mol. The Hall–Kier alpha value is -2.95. The summed E-state index contributed by atoms with van der Waals surface area (Å²) in [5.41, 5.74) is -0.738. The fourth-order valence-electron chi connectivity index (χ4n) is 6.80. The number of epoxide rings is 1. The van der Waals surface area contributed by atoms with Crippen LogP contribution in [0, 0.1) is 11.8 Å². The van der Waals surface area contributed by atoms with Crippen molar-refractivity contribution in [1.29, 1.82) is 0 Å². The van der Waals surface area contributed by atoms with E-state index in [1.54, 1.807) is 12.1 Å². The van der Waals surface area contributed by atoms with E-state index in [0.717, 1.165) is 6.08 Å². The quantitative estimate of drug-likeness (QED) is 0.0602. The van der Waals surface area contributed by atoms with E-state index in [1.807, 2.05) is 0 Å². The Morgan fingerprint density at radius 3 is 2.14 bits per heavy atom. The van der Waals surface area contributed by atoms with Gasteiger partial charge in [0.25, 0.3) is 0 Å². The first kappa shape index (κ1) is 35.9. The first-order valence-electron chi connectivity index (χ1n) is 15.6. The van der Waals surface area contributed by atoms with Gasteiger partial charge in [0.05, 0.1) is 39.1 Å². The van der Waals surface area contributed by atoms with Gasteiger partial charge in [0.2, 0.25) is 12.6 Å². The fraction of sp³-hybridized carbons (Fsp3) is 0.645. The van der Waals surface area contributed by atoms with Gasteiger partial charge in [0.15, 0.2) is 17.8 Å². The number of hydrogen-bond acceptors (Lipinski definition) is 18. The maximum atomic E-state index is 13.0. The average Bonchev–Trinajstić information content (AvgIpc) is 3.79. The number of fused-ring (bicyclic) bond motifs is 3. The normalized spacial score (nSPS) is 44.2. The zero-order valence-electron chi connectivity index (χ0n) is 26.0. The summed E-state index contributed by atoms with van der Waals surface area (Å²) in [5, 5.41) is 90.3. The molecule has 4 heterocycles. The van der Waals surface area contributed by atoms with Crippen LogP contribution < -0.4 is 9.47 Å². The van der Waals surface area contributed by atoms with Gasteiger partial charge < -0.3 is 83.9 Å². The van der Waals surface area contributed by atoms with Crippen LogP contribution in [-0.2, 0) is 33.2 Å². The molecule has 0 aromatic heterocycles. The van der Waals surface area contributed by atoms with Gasteiger partial charge in [-0.3, -0.25) is 0 Å². The zero-order chi connectivity index (χ0) is 35.2. The third-order valence-corrected chi connectivity index (χ3v) is 9.54. The van der Waals surface area contributed by atoms with E-state index in [-0.39, 0.29) is 11.5 Å². The van der Waals surface area contributed by atoms with Gasteiger partial charge >= 0.3 is 5.97 Å². The summed E-state index contributed by atoms with van der Waals surface area (Å²) in [6.45, 7) is -1.77. The lowest BCUT2D eigenvalue weighted by molar-refractivity contribution is -0.344. The van der Waals surface area contributed by atoms with Crippen LogP contribution in [0.1, 0.15) is 5.56 Å². The van der Waals surface area contributed by atoms with Crippen molar-refractivity contribution >= 4 is 12.0 Å². The minimum absolute atomic E-state index is 0.0987. The molecule has 1 aromatic carbocycles. The lowest BCUT2D eigenvalue weighted by Crippen LogP contribution is -2.60. The molecule has 1 aliphatic carbocycles. The first-order valence-corrected chi connectivity index (χ1v) is 15.6. The van der Waals surface area contributed by atoms with Gasteiger partial charge in [-0.1, -0.05) is 6.07 Å². The largest absolute Gasteiger partial charge is 0.493 e. The minimum Gasteiger partial charge on any atom is -0.493 e. The standard InChI is InChI=1S/C31H40O18/c1-42-15-8-12(2-4-14(15)44-29-24(40)22(38)20(36)16(9-32)45-29)3-5-18(35)47-26-13-6-7-43-28(19(13)31(11-34)27(26)49-31)48-30-25(41)23(39)21(37)17(10-33)46-30/h2-8,13,16-17,19-30,32-34,36-41H,9-11H2,1H3/t13-,16-,17-,19-,20-,21-,22+,23+,24-,25-,26+,27+,28+,29-,30+,31-/m1/s1. The minimum atomic E-state index is -1.70. The highest BCUT2D eigenvalue weighted by Crippen LogP contribution is 2.60. The molecule has 18 nitrogen and oxygen atoms in total. The van der Waals surface area contributed by atoms with E-state index in [1.165, 1.54) is 31.6 Å². The number of benzene rings is 1. The average molecular weight is 701 g/mol. The van der Waals surface area contributed by atoms with Crippen LogP contribution in [0.5, 0.6) is 11.5 Å². The highest BCUT2D eigenvalue weighted by Gasteiger charge is 2.77. The summed E-state index contributed by atoms with van der Waals surface area (Å²) >= 11 is 0.